The van der Waals surface area contributed by atoms with Crippen molar-refractivity contribution in [3.63, 3.8) is 0 Å². The van der Waals surface area contributed by atoms with Gasteiger partial charge in [-0.3, -0.25) is 9.89 Å². The summed E-state index contributed by atoms with van der Waals surface area (Å²) in [5.74, 6) is 0.912. The average Bonchev–Trinajstić information content (AvgIpc) is 2.90. The van der Waals surface area contributed by atoms with Crippen LogP contribution in [0.2, 0.25) is 0 Å². The fourth-order valence-electron chi connectivity index (χ4n) is 2.29. The molecule has 2 heterocycles. The Hall–Kier alpha value is -0.340. The van der Waals surface area contributed by atoms with Crippen LogP contribution in [-0.4, -0.2) is 44.1 Å². The molecule has 0 bridgehead atoms. The Labute approximate surface area is 143 Å². The number of hydrogen-bond donors (Lipinski definition) is 2. The summed E-state index contributed by atoms with van der Waals surface area (Å²) >= 11 is 1.90. The number of nitrogens with zero attached hydrogens (tertiary/aromatic N) is 2. The molecule has 1 aromatic heterocycles. The Balaban J connectivity index is 0.00000200. The van der Waals surface area contributed by atoms with Crippen molar-refractivity contribution in [2.75, 3.05) is 33.2 Å². The number of guanidine groups is 1. The van der Waals surface area contributed by atoms with E-state index in [0.717, 1.165) is 38.6 Å². The summed E-state index contributed by atoms with van der Waals surface area (Å²) in [6.07, 6.45) is 2.32. The molecular formula is C14H25IN4S. The highest BCUT2D eigenvalue weighted by molar-refractivity contribution is 14.0. The molecule has 6 heteroatoms. The van der Waals surface area contributed by atoms with Crippen molar-refractivity contribution in [2.45, 2.75) is 26.3 Å². The largest absolute Gasteiger partial charge is 0.356 e. The first-order valence-electron chi connectivity index (χ1n) is 7.05. The van der Waals surface area contributed by atoms with Gasteiger partial charge < -0.3 is 10.6 Å². The van der Waals surface area contributed by atoms with Gasteiger partial charge in [0.1, 0.15) is 0 Å². The first-order valence-corrected chi connectivity index (χ1v) is 7.93. The second-order valence-electron chi connectivity index (χ2n) is 4.82. The van der Waals surface area contributed by atoms with Crippen LogP contribution in [0, 0.1) is 0 Å². The van der Waals surface area contributed by atoms with E-state index in [9.17, 15) is 0 Å². The topological polar surface area (TPSA) is 39.7 Å². The standard InChI is InChI=1S/C14H24N4S.HI/c1-3-6-16-14(15-2)17-7-9-18-8-4-13-12(11-18)5-10-19-13;/h5,10H,3-4,6-9,11H2,1-2H3,(H2,15,16,17);1H. The summed E-state index contributed by atoms with van der Waals surface area (Å²) in [5.41, 5.74) is 1.52. The number of halogens is 1. The number of aliphatic imine (C=N–C) groups is 1. The van der Waals surface area contributed by atoms with Crippen LogP contribution in [0.4, 0.5) is 0 Å². The van der Waals surface area contributed by atoms with Gasteiger partial charge in [0.15, 0.2) is 5.96 Å². The molecule has 1 aliphatic heterocycles. The zero-order valence-electron chi connectivity index (χ0n) is 12.3. The van der Waals surface area contributed by atoms with Crippen LogP contribution >= 0.6 is 35.3 Å². The lowest BCUT2D eigenvalue weighted by Crippen LogP contribution is -2.42. The van der Waals surface area contributed by atoms with Gasteiger partial charge in [0, 0.05) is 44.6 Å². The van der Waals surface area contributed by atoms with Crippen LogP contribution in [0.1, 0.15) is 23.8 Å². The Morgan fingerprint density at radius 2 is 2.20 bits per heavy atom. The maximum absolute atomic E-state index is 4.21. The highest BCUT2D eigenvalue weighted by Crippen LogP contribution is 2.23. The van der Waals surface area contributed by atoms with Crippen molar-refractivity contribution in [1.29, 1.82) is 0 Å². The summed E-state index contributed by atoms with van der Waals surface area (Å²) in [7, 11) is 1.82. The molecule has 1 aromatic rings. The lowest BCUT2D eigenvalue weighted by molar-refractivity contribution is 0.260. The molecule has 0 fully saturated rings. The smallest absolute Gasteiger partial charge is 0.191 e. The van der Waals surface area contributed by atoms with Gasteiger partial charge in [-0.05, 0) is 29.9 Å². The Kier molecular flexibility index (Phi) is 8.47. The molecule has 0 amide bonds. The third kappa shape index (κ3) is 5.21. The molecule has 114 valence electrons. The van der Waals surface area contributed by atoms with Crippen LogP contribution in [0.25, 0.3) is 0 Å². The summed E-state index contributed by atoms with van der Waals surface area (Å²) in [6, 6.07) is 2.27. The fraction of sp³-hybridized carbons (Fsp3) is 0.643. The quantitative estimate of drug-likeness (QED) is 0.446. The monoisotopic (exact) mass is 408 g/mol. The summed E-state index contributed by atoms with van der Waals surface area (Å²) in [6.45, 7) is 7.43. The van der Waals surface area contributed by atoms with Gasteiger partial charge in [-0.2, -0.15) is 0 Å². The number of thiophene rings is 1. The lowest BCUT2D eigenvalue weighted by atomic mass is 10.1. The molecule has 2 N–H and O–H groups in total. The molecule has 4 nitrogen and oxygen atoms in total. The van der Waals surface area contributed by atoms with E-state index in [2.05, 4.69) is 38.9 Å². The predicted molar refractivity (Wildman–Crippen MR) is 98.4 cm³/mol. The van der Waals surface area contributed by atoms with Gasteiger partial charge in [0.2, 0.25) is 0 Å². The molecule has 0 spiro atoms. The highest BCUT2D eigenvalue weighted by atomic mass is 127. The molecule has 0 aliphatic carbocycles. The minimum Gasteiger partial charge on any atom is -0.356 e. The molecule has 0 saturated heterocycles. The molecule has 0 aromatic carbocycles. The molecule has 2 rings (SSSR count). The van der Waals surface area contributed by atoms with Gasteiger partial charge in [-0.15, -0.1) is 35.3 Å². The van der Waals surface area contributed by atoms with Crippen LogP contribution in [-0.2, 0) is 13.0 Å². The number of hydrogen-bond acceptors (Lipinski definition) is 3. The van der Waals surface area contributed by atoms with Crippen LogP contribution in [0.5, 0.6) is 0 Å². The molecule has 1 aliphatic rings. The zero-order chi connectivity index (χ0) is 13.5. The molecule has 20 heavy (non-hydrogen) atoms. The molecule has 0 radical (unpaired) electrons. The highest BCUT2D eigenvalue weighted by Gasteiger charge is 2.16. The van der Waals surface area contributed by atoms with Crippen LogP contribution in [0.3, 0.4) is 0 Å². The van der Waals surface area contributed by atoms with E-state index >= 15 is 0 Å². The third-order valence-electron chi connectivity index (χ3n) is 3.37. The van der Waals surface area contributed by atoms with E-state index in [4.69, 9.17) is 0 Å². The van der Waals surface area contributed by atoms with Gasteiger partial charge in [0.25, 0.3) is 0 Å². The van der Waals surface area contributed by atoms with Crippen LogP contribution < -0.4 is 10.6 Å². The van der Waals surface area contributed by atoms with E-state index in [1.165, 1.54) is 18.5 Å². The summed E-state index contributed by atoms with van der Waals surface area (Å²) in [4.78, 5) is 8.30. The Morgan fingerprint density at radius 3 is 2.95 bits per heavy atom. The lowest BCUT2D eigenvalue weighted by Gasteiger charge is -2.27. The van der Waals surface area contributed by atoms with Crippen molar-refractivity contribution < 1.29 is 0 Å². The second kappa shape index (κ2) is 9.57. The normalized spacial score (nSPS) is 15.4. The van der Waals surface area contributed by atoms with Crippen molar-refractivity contribution >= 4 is 41.3 Å². The maximum Gasteiger partial charge on any atom is 0.191 e. The Bertz CT molecular complexity index is 419. The minimum atomic E-state index is 0. The first kappa shape index (κ1) is 17.7. The van der Waals surface area contributed by atoms with Gasteiger partial charge in [-0.1, -0.05) is 6.92 Å². The van der Waals surface area contributed by atoms with Crippen molar-refractivity contribution in [3.05, 3.63) is 21.9 Å². The number of nitrogens with one attached hydrogen (secondary N) is 2. The number of fused-ring (bicyclic) bond motifs is 1. The molecule has 0 atom stereocenters. The Morgan fingerprint density at radius 1 is 1.40 bits per heavy atom. The van der Waals surface area contributed by atoms with Crippen LogP contribution in [0.15, 0.2) is 16.4 Å². The van der Waals surface area contributed by atoms with E-state index in [1.54, 1.807) is 4.88 Å². The first-order chi connectivity index (χ1) is 9.33. The van der Waals surface area contributed by atoms with Crippen molar-refractivity contribution in [1.82, 2.24) is 15.5 Å². The molecular weight excluding hydrogens is 383 g/mol. The van der Waals surface area contributed by atoms with E-state index in [1.807, 2.05) is 18.4 Å². The van der Waals surface area contributed by atoms with E-state index in [0.29, 0.717) is 0 Å². The summed E-state index contributed by atoms with van der Waals surface area (Å²) < 4.78 is 0. The van der Waals surface area contributed by atoms with Gasteiger partial charge in [0.05, 0.1) is 0 Å². The second-order valence-corrected chi connectivity index (χ2v) is 5.82. The van der Waals surface area contributed by atoms with Crippen molar-refractivity contribution in [3.8, 4) is 0 Å². The average molecular weight is 408 g/mol. The zero-order valence-corrected chi connectivity index (χ0v) is 15.5. The van der Waals surface area contributed by atoms with Crippen molar-refractivity contribution in [2.24, 2.45) is 4.99 Å². The predicted octanol–water partition coefficient (Wildman–Crippen LogP) is 2.30. The van der Waals surface area contributed by atoms with E-state index in [-0.39, 0.29) is 24.0 Å². The SMILES string of the molecule is CCCNC(=NC)NCCN1CCc2sccc2C1.I. The maximum atomic E-state index is 4.21. The minimum absolute atomic E-state index is 0. The fourth-order valence-corrected chi connectivity index (χ4v) is 3.18. The molecule has 0 saturated carbocycles. The third-order valence-corrected chi connectivity index (χ3v) is 4.40. The molecule has 0 unspecified atom stereocenters. The number of rotatable bonds is 5. The summed E-state index contributed by atoms with van der Waals surface area (Å²) in [5, 5.41) is 8.87. The van der Waals surface area contributed by atoms with Gasteiger partial charge in [-0.25, -0.2) is 0 Å². The van der Waals surface area contributed by atoms with E-state index < -0.39 is 0 Å². The van der Waals surface area contributed by atoms with Gasteiger partial charge >= 0.3 is 0 Å².